The molecule has 0 aliphatic carbocycles. The third-order valence-electron chi connectivity index (χ3n) is 3.59. The molecule has 4 nitrogen and oxygen atoms in total. The Morgan fingerprint density at radius 1 is 0.909 bits per heavy atom. The maximum absolute atomic E-state index is 12.3. The molecule has 2 aromatic carbocycles. The molecule has 2 N–H and O–H groups in total. The molecular weight excluding hydrogens is 280 g/mol. The van der Waals surface area contributed by atoms with Crippen molar-refractivity contribution < 1.29 is 19.8 Å². The molecule has 4 heteroatoms. The molecule has 0 fully saturated rings. The number of allylic oxidation sites excluding steroid dienone is 1. The van der Waals surface area contributed by atoms with E-state index in [2.05, 4.69) is 0 Å². The monoisotopic (exact) mass is 296 g/mol. The van der Waals surface area contributed by atoms with Crippen LogP contribution in [0.2, 0.25) is 0 Å². The van der Waals surface area contributed by atoms with E-state index in [1.54, 1.807) is 37.3 Å². The van der Waals surface area contributed by atoms with Crippen molar-refractivity contribution in [3.05, 3.63) is 70.8 Å². The van der Waals surface area contributed by atoms with Crippen LogP contribution in [0, 0.1) is 0 Å². The smallest absolute Gasteiger partial charge is 0.331 e. The van der Waals surface area contributed by atoms with E-state index in [1.807, 2.05) is 6.07 Å². The summed E-state index contributed by atoms with van der Waals surface area (Å²) < 4.78 is 0. The molecular formula is C18H16O4. The Morgan fingerprint density at radius 2 is 1.55 bits per heavy atom. The first-order valence-electron chi connectivity index (χ1n) is 6.75. The zero-order valence-electron chi connectivity index (χ0n) is 12.3. The van der Waals surface area contributed by atoms with E-state index in [0.717, 1.165) is 0 Å². The number of rotatable bonds is 4. The predicted octanol–water partition coefficient (Wildman–Crippen LogP) is 3.50. The molecule has 0 radical (unpaired) electrons. The molecule has 0 atom stereocenters. The van der Waals surface area contributed by atoms with Gasteiger partial charge in [-0.05, 0) is 37.1 Å². The molecule has 0 aromatic heterocycles. The number of hydrogen-bond acceptors (Lipinski definition) is 3. The Kier molecular flexibility index (Phi) is 4.41. The molecule has 0 bridgehead atoms. The molecule has 112 valence electrons. The maximum Gasteiger partial charge on any atom is 0.331 e. The Balaban J connectivity index is 2.41. The lowest BCUT2D eigenvalue weighted by molar-refractivity contribution is -0.132. The highest BCUT2D eigenvalue weighted by atomic mass is 16.4. The highest BCUT2D eigenvalue weighted by molar-refractivity contribution is 6.10. The summed E-state index contributed by atoms with van der Waals surface area (Å²) in [5, 5.41) is 19.1. The van der Waals surface area contributed by atoms with Crippen LogP contribution in [0.5, 0.6) is 5.75 Å². The molecule has 0 aliphatic rings. The van der Waals surface area contributed by atoms with Crippen molar-refractivity contribution in [2.24, 2.45) is 0 Å². The van der Waals surface area contributed by atoms with Crippen LogP contribution in [0.1, 0.15) is 35.3 Å². The number of aliphatic carboxylic acids is 1. The van der Waals surface area contributed by atoms with Gasteiger partial charge >= 0.3 is 5.97 Å². The van der Waals surface area contributed by atoms with Crippen LogP contribution in [0.15, 0.2) is 54.1 Å². The predicted molar refractivity (Wildman–Crippen MR) is 83.9 cm³/mol. The van der Waals surface area contributed by atoms with E-state index in [0.29, 0.717) is 16.7 Å². The fourth-order valence-electron chi connectivity index (χ4n) is 2.08. The Morgan fingerprint density at radius 3 is 2.09 bits per heavy atom. The van der Waals surface area contributed by atoms with Crippen molar-refractivity contribution in [2.75, 3.05) is 0 Å². The molecule has 0 unspecified atom stereocenters. The second-order valence-corrected chi connectivity index (χ2v) is 4.98. The van der Waals surface area contributed by atoms with Crippen molar-refractivity contribution in [1.82, 2.24) is 0 Å². The molecule has 22 heavy (non-hydrogen) atoms. The third kappa shape index (κ3) is 3.06. The Bertz CT molecular complexity index is 758. The number of carboxylic acids is 1. The second-order valence-electron chi connectivity index (χ2n) is 4.98. The van der Waals surface area contributed by atoms with E-state index in [1.165, 1.54) is 19.1 Å². The first kappa shape index (κ1) is 15.5. The number of phenols is 1. The average molecular weight is 296 g/mol. The quantitative estimate of drug-likeness (QED) is 0.669. The Hall–Kier alpha value is -2.88. The van der Waals surface area contributed by atoms with Crippen molar-refractivity contribution in [3.63, 3.8) is 0 Å². The minimum absolute atomic E-state index is 0.163. The lowest BCUT2D eigenvalue weighted by Gasteiger charge is -2.09. The van der Waals surface area contributed by atoms with Gasteiger partial charge in [-0.3, -0.25) is 4.79 Å². The van der Waals surface area contributed by atoms with E-state index in [9.17, 15) is 14.7 Å². The number of hydrogen-bond donors (Lipinski definition) is 2. The summed E-state index contributed by atoms with van der Waals surface area (Å²) in [6.07, 6.45) is 0. The summed E-state index contributed by atoms with van der Waals surface area (Å²) in [4.78, 5) is 23.3. The van der Waals surface area contributed by atoms with Crippen LogP contribution >= 0.6 is 0 Å². The Labute approximate surface area is 128 Å². The fourth-order valence-corrected chi connectivity index (χ4v) is 2.08. The zero-order chi connectivity index (χ0) is 16.3. The van der Waals surface area contributed by atoms with Crippen LogP contribution in [0.4, 0.5) is 0 Å². The van der Waals surface area contributed by atoms with Gasteiger partial charge in [0.1, 0.15) is 5.75 Å². The van der Waals surface area contributed by atoms with Crippen molar-refractivity contribution in [1.29, 1.82) is 0 Å². The average Bonchev–Trinajstić information content (AvgIpc) is 2.53. The van der Waals surface area contributed by atoms with Crippen LogP contribution in [0.25, 0.3) is 5.57 Å². The largest absolute Gasteiger partial charge is 0.507 e. The third-order valence-corrected chi connectivity index (χ3v) is 3.59. The first-order chi connectivity index (χ1) is 10.4. The van der Waals surface area contributed by atoms with Crippen molar-refractivity contribution >= 4 is 17.3 Å². The van der Waals surface area contributed by atoms with Crippen LogP contribution in [0.3, 0.4) is 0 Å². The number of benzene rings is 2. The van der Waals surface area contributed by atoms with Gasteiger partial charge in [-0.25, -0.2) is 4.79 Å². The normalized spacial score (nSPS) is 11.7. The molecule has 0 saturated heterocycles. The lowest BCUT2D eigenvalue weighted by Crippen LogP contribution is -2.03. The van der Waals surface area contributed by atoms with E-state index in [4.69, 9.17) is 5.11 Å². The summed E-state index contributed by atoms with van der Waals surface area (Å²) >= 11 is 0. The van der Waals surface area contributed by atoms with Crippen LogP contribution in [-0.4, -0.2) is 22.0 Å². The van der Waals surface area contributed by atoms with Gasteiger partial charge in [0.2, 0.25) is 0 Å². The van der Waals surface area contributed by atoms with Gasteiger partial charge in [0.25, 0.3) is 0 Å². The summed E-state index contributed by atoms with van der Waals surface area (Å²) in [6.45, 7) is 3.16. The molecule has 0 spiro atoms. The van der Waals surface area contributed by atoms with E-state index >= 15 is 0 Å². The van der Waals surface area contributed by atoms with Crippen molar-refractivity contribution in [3.8, 4) is 5.75 Å². The summed E-state index contributed by atoms with van der Waals surface area (Å²) in [6, 6.07) is 13.2. The number of phenolic OH excluding ortho intramolecular Hbond substituents is 1. The SMILES string of the molecule is CC(C(=O)O)=C(C)c1ccc(C(=O)c2ccccc2)c(O)c1. The lowest BCUT2D eigenvalue weighted by atomic mass is 9.97. The molecule has 2 aromatic rings. The molecule has 2 rings (SSSR count). The molecule has 0 heterocycles. The molecule has 0 aliphatic heterocycles. The van der Waals surface area contributed by atoms with E-state index < -0.39 is 5.97 Å². The van der Waals surface area contributed by atoms with Crippen LogP contribution in [-0.2, 0) is 4.79 Å². The highest BCUT2D eigenvalue weighted by Gasteiger charge is 2.15. The summed E-state index contributed by atoms with van der Waals surface area (Å²) in [5.41, 5.74) is 1.99. The van der Waals surface area contributed by atoms with Gasteiger partial charge in [0, 0.05) is 11.1 Å². The number of carbonyl (C=O) groups excluding carboxylic acids is 1. The number of carboxylic acid groups (broad SMARTS) is 1. The number of ketones is 1. The topological polar surface area (TPSA) is 74.6 Å². The minimum Gasteiger partial charge on any atom is -0.507 e. The van der Waals surface area contributed by atoms with Gasteiger partial charge in [-0.2, -0.15) is 0 Å². The number of carbonyl (C=O) groups is 2. The second kappa shape index (κ2) is 6.26. The highest BCUT2D eigenvalue weighted by Crippen LogP contribution is 2.27. The fraction of sp³-hybridized carbons (Fsp3) is 0.111. The zero-order valence-corrected chi connectivity index (χ0v) is 12.3. The number of aromatic hydroxyl groups is 1. The maximum atomic E-state index is 12.3. The van der Waals surface area contributed by atoms with Gasteiger partial charge in [0.05, 0.1) is 5.56 Å². The van der Waals surface area contributed by atoms with Crippen LogP contribution < -0.4 is 0 Å². The summed E-state index contributed by atoms with van der Waals surface area (Å²) in [5.74, 6) is -1.45. The van der Waals surface area contributed by atoms with E-state index in [-0.39, 0.29) is 22.7 Å². The standard InChI is InChI=1S/C18H16O4/c1-11(12(2)18(21)22)14-8-9-15(16(19)10-14)17(20)13-6-4-3-5-7-13/h3-10,19H,1-2H3,(H,21,22). The molecule has 0 saturated carbocycles. The van der Waals surface area contributed by atoms with Gasteiger partial charge in [-0.1, -0.05) is 36.4 Å². The molecule has 0 amide bonds. The van der Waals surface area contributed by atoms with Gasteiger partial charge in [-0.15, -0.1) is 0 Å². The van der Waals surface area contributed by atoms with Gasteiger partial charge < -0.3 is 10.2 Å². The van der Waals surface area contributed by atoms with Gasteiger partial charge in [0.15, 0.2) is 5.78 Å². The first-order valence-corrected chi connectivity index (χ1v) is 6.75. The van der Waals surface area contributed by atoms with Crippen molar-refractivity contribution in [2.45, 2.75) is 13.8 Å². The summed E-state index contributed by atoms with van der Waals surface area (Å²) in [7, 11) is 0. The minimum atomic E-state index is -1.01.